The largest absolute Gasteiger partial charge is 0.350 e. The van der Waals surface area contributed by atoms with Crippen molar-refractivity contribution in [3.63, 3.8) is 0 Å². The number of rotatable bonds is 8. The number of benzene rings is 3. The fraction of sp³-hybridized carbons (Fsp3) is 0.333. The summed E-state index contributed by atoms with van der Waals surface area (Å²) < 4.78 is 0. The molecule has 6 heteroatoms. The third kappa shape index (κ3) is 8.11. The molecule has 0 aliphatic rings. The minimum absolute atomic E-state index is 0.129. The molecule has 0 heterocycles. The number of amides is 2. The van der Waals surface area contributed by atoms with Crippen LogP contribution in [-0.4, -0.2) is 28.3 Å². The molecule has 3 rings (SSSR count). The standard InChI is InChI=1S/C30H34Cl2N2O2/c1-20-13-21(2)15-24(14-20)18-28(35)34(19-23-11-12-25(31)26(32)16-23)27(29(36)33-30(3,4)5)17-22-9-7-6-8-10-22/h6-16,27H,17-19H2,1-5H3,(H,33,36)/t27-/m0/s1. The van der Waals surface area contributed by atoms with Crippen molar-refractivity contribution in [2.75, 3.05) is 0 Å². The fourth-order valence-electron chi connectivity index (χ4n) is 4.29. The van der Waals surface area contributed by atoms with Gasteiger partial charge in [-0.3, -0.25) is 9.59 Å². The molecule has 4 nitrogen and oxygen atoms in total. The van der Waals surface area contributed by atoms with Crippen LogP contribution in [0.2, 0.25) is 10.0 Å². The van der Waals surface area contributed by atoms with Crippen LogP contribution in [0, 0.1) is 13.8 Å². The number of hydrogen-bond acceptors (Lipinski definition) is 2. The van der Waals surface area contributed by atoms with Gasteiger partial charge < -0.3 is 10.2 Å². The molecule has 0 bridgehead atoms. The van der Waals surface area contributed by atoms with Crippen molar-refractivity contribution < 1.29 is 9.59 Å². The second-order valence-electron chi connectivity index (χ2n) is 10.4. The maximum absolute atomic E-state index is 13.9. The third-order valence-corrected chi connectivity index (χ3v) is 6.48. The number of carbonyl (C=O) groups excluding carboxylic acids is 2. The number of carbonyl (C=O) groups is 2. The molecule has 36 heavy (non-hydrogen) atoms. The highest BCUT2D eigenvalue weighted by Crippen LogP contribution is 2.25. The van der Waals surface area contributed by atoms with Gasteiger partial charge in [-0.2, -0.15) is 0 Å². The van der Waals surface area contributed by atoms with Gasteiger partial charge >= 0.3 is 0 Å². The van der Waals surface area contributed by atoms with Crippen molar-refractivity contribution in [2.24, 2.45) is 0 Å². The van der Waals surface area contributed by atoms with E-state index in [1.807, 2.05) is 83.1 Å². The average molecular weight is 526 g/mol. The van der Waals surface area contributed by atoms with Gasteiger partial charge in [0, 0.05) is 18.5 Å². The van der Waals surface area contributed by atoms with Gasteiger partial charge in [0.2, 0.25) is 11.8 Å². The van der Waals surface area contributed by atoms with E-state index in [1.165, 1.54) is 0 Å². The van der Waals surface area contributed by atoms with Gasteiger partial charge in [0.25, 0.3) is 0 Å². The molecule has 0 fully saturated rings. The molecular weight excluding hydrogens is 491 g/mol. The average Bonchev–Trinajstić information content (AvgIpc) is 2.77. The second-order valence-corrected chi connectivity index (χ2v) is 11.2. The molecule has 0 aliphatic heterocycles. The van der Waals surface area contributed by atoms with Crippen molar-refractivity contribution in [1.82, 2.24) is 10.2 Å². The van der Waals surface area contributed by atoms with E-state index in [0.29, 0.717) is 16.5 Å². The zero-order chi connectivity index (χ0) is 26.5. The molecule has 190 valence electrons. The minimum atomic E-state index is -0.709. The molecule has 0 radical (unpaired) electrons. The van der Waals surface area contributed by atoms with E-state index in [9.17, 15) is 9.59 Å². The first-order chi connectivity index (χ1) is 16.9. The van der Waals surface area contributed by atoms with Crippen LogP contribution >= 0.6 is 23.2 Å². The Morgan fingerprint density at radius 2 is 1.47 bits per heavy atom. The van der Waals surface area contributed by atoms with E-state index in [0.717, 1.165) is 27.8 Å². The predicted molar refractivity (Wildman–Crippen MR) is 148 cm³/mol. The van der Waals surface area contributed by atoms with Gasteiger partial charge in [-0.25, -0.2) is 0 Å². The van der Waals surface area contributed by atoms with Gasteiger partial charge in [-0.05, 0) is 63.4 Å². The first-order valence-corrected chi connectivity index (χ1v) is 12.8. The summed E-state index contributed by atoms with van der Waals surface area (Å²) in [5.74, 6) is -0.323. The van der Waals surface area contributed by atoms with Crippen LogP contribution in [0.4, 0.5) is 0 Å². The summed E-state index contributed by atoms with van der Waals surface area (Å²) in [5.41, 5.74) is 4.45. The molecular formula is C30H34Cl2N2O2. The topological polar surface area (TPSA) is 49.4 Å². The molecule has 0 aromatic heterocycles. The Morgan fingerprint density at radius 1 is 0.833 bits per heavy atom. The summed E-state index contributed by atoms with van der Waals surface area (Å²) in [5, 5.41) is 3.94. The summed E-state index contributed by atoms with van der Waals surface area (Å²) in [7, 11) is 0. The number of hydrogen-bond donors (Lipinski definition) is 1. The summed E-state index contributed by atoms with van der Waals surface area (Å²) in [6.07, 6.45) is 0.584. The lowest BCUT2D eigenvalue weighted by molar-refractivity contribution is -0.141. The van der Waals surface area contributed by atoms with E-state index in [1.54, 1.807) is 17.0 Å². The number of halogens is 2. The smallest absolute Gasteiger partial charge is 0.243 e. The monoisotopic (exact) mass is 524 g/mol. The molecule has 3 aromatic rings. The molecule has 0 saturated heterocycles. The van der Waals surface area contributed by atoms with Crippen LogP contribution in [0.15, 0.2) is 66.7 Å². The minimum Gasteiger partial charge on any atom is -0.350 e. The summed E-state index contributed by atoms with van der Waals surface area (Å²) in [6.45, 7) is 10.1. The van der Waals surface area contributed by atoms with Crippen molar-refractivity contribution in [2.45, 2.75) is 65.6 Å². The zero-order valence-corrected chi connectivity index (χ0v) is 23.1. The van der Waals surface area contributed by atoms with Crippen LogP contribution in [0.5, 0.6) is 0 Å². The van der Waals surface area contributed by atoms with E-state index in [2.05, 4.69) is 11.4 Å². The molecule has 0 saturated carbocycles. The Hall–Kier alpha value is -2.82. The SMILES string of the molecule is Cc1cc(C)cc(CC(=O)N(Cc2ccc(Cl)c(Cl)c2)[C@@H](Cc2ccccc2)C(=O)NC(C)(C)C)c1. The van der Waals surface area contributed by atoms with Crippen molar-refractivity contribution in [3.05, 3.63) is 105 Å². The highest BCUT2D eigenvalue weighted by Gasteiger charge is 2.32. The predicted octanol–water partition coefficient (Wildman–Crippen LogP) is 6.71. The fourth-order valence-corrected chi connectivity index (χ4v) is 4.61. The van der Waals surface area contributed by atoms with Gasteiger partial charge in [-0.1, -0.05) is 88.9 Å². The summed E-state index contributed by atoms with van der Waals surface area (Å²) >= 11 is 12.4. The van der Waals surface area contributed by atoms with Gasteiger partial charge in [0.05, 0.1) is 16.5 Å². The zero-order valence-electron chi connectivity index (χ0n) is 21.6. The number of nitrogens with zero attached hydrogens (tertiary/aromatic N) is 1. The molecule has 1 atom stereocenters. The Morgan fingerprint density at radius 3 is 2.06 bits per heavy atom. The van der Waals surface area contributed by atoms with E-state index in [-0.39, 0.29) is 24.8 Å². The lowest BCUT2D eigenvalue weighted by atomic mass is 9.99. The molecule has 1 N–H and O–H groups in total. The van der Waals surface area contributed by atoms with Crippen molar-refractivity contribution in [1.29, 1.82) is 0 Å². The molecule has 0 spiro atoms. The van der Waals surface area contributed by atoms with E-state index < -0.39 is 11.6 Å². The Kier molecular flexibility index (Phi) is 9.21. The summed E-state index contributed by atoms with van der Waals surface area (Å²) in [6, 6.07) is 20.5. The van der Waals surface area contributed by atoms with Crippen LogP contribution in [0.1, 0.15) is 48.6 Å². The maximum Gasteiger partial charge on any atom is 0.243 e. The maximum atomic E-state index is 13.9. The Bertz CT molecular complexity index is 1200. The Balaban J connectivity index is 2.03. The quantitative estimate of drug-likeness (QED) is 0.356. The highest BCUT2D eigenvalue weighted by molar-refractivity contribution is 6.42. The number of aryl methyl sites for hydroxylation is 2. The van der Waals surface area contributed by atoms with Crippen LogP contribution in [-0.2, 0) is 29.0 Å². The first kappa shape index (κ1) is 27.8. The van der Waals surface area contributed by atoms with Crippen molar-refractivity contribution >= 4 is 35.0 Å². The van der Waals surface area contributed by atoms with E-state index >= 15 is 0 Å². The normalized spacial score (nSPS) is 12.2. The lowest BCUT2D eigenvalue weighted by Gasteiger charge is -2.34. The molecule has 3 aromatic carbocycles. The lowest BCUT2D eigenvalue weighted by Crippen LogP contribution is -2.54. The van der Waals surface area contributed by atoms with Crippen LogP contribution < -0.4 is 5.32 Å². The third-order valence-electron chi connectivity index (χ3n) is 5.74. The molecule has 0 aliphatic carbocycles. The van der Waals surface area contributed by atoms with Gasteiger partial charge in [0.15, 0.2) is 0 Å². The highest BCUT2D eigenvalue weighted by atomic mass is 35.5. The molecule has 2 amide bonds. The Labute approximate surface area is 224 Å². The molecule has 0 unspecified atom stereocenters. The second kappa shape index (κ2) is 11.9. The van der Waals surface area contributed by atoms with E-state index in [4.69, 9.17) is 23.2 Å². The first-order valence-electron chi connectivity index (χ1n) is 12.1. The van der Waals surface area contributed by atoms with Crippen molar-refractivity contribution in [3.8, 4) is 0 Å². The van der Waals surface area contributed by atoms with Crippen LogP contribution in [0.3, 0.4) is 0 Å². The summed E-state index contributed by atoms with van der Waals surface area (Å²) in [4.78, 5) is 29.2. The van der Waals surface area contributed by atoms with Gasteiger partial charge in [-0.15, -0.1) is 0 Å². The number of nitrogens with one attached hydrogen (secondary N) is 1. The van der Waals surface area contributed by atoms with Gasteiger partial charge in [0.1, 0.15) is 6.04 Å². The van der Waals surface area contributed by atoms with Crippen LogP contribution in [0.25, 0.3) is 0 Å².